The van der Waals surface area contributed by atoms with Gasteiger partial charge in [0.05, 0.1) is 6.61 Å². The molecule has 2 rings (SSSR count). The average molecular weight is 369 g/mol. The fourth-order valence-electron chi connectivity index (χ4n) is 2.48. The van der Waals surface area contributed by atoms with Crippen molar-refractivity contribution in [2.45, 2.75) is 13.3 Å². The molecule has 0 fully saturated rings. The van der Waals surface area contributed by atoms with E-state index in [1.807, 2.05) is 33.2 Å². The Morgan fingerprint density at radius 3 is 2.07 bits per heavy atom. The lowest BCUT2D eigenvalue weighted by atomic mass is 10.1. The quantitative estimate of drug-likeness (QED) is 0.667. The second-order valence-electron chi connectivity index (χ2n) is 6.40. The smallest absolute Gasteiger partial charge is 0.255 e. The molecule has 27 heavy (non-hydrogen) atoms. The molecular weight excluding hydrogens is 342 g/mol. The van der Waals surface area contributed by atoms with E-state index in [2.05, 4.69) is 15.5 Å². The van der Waals surface area contributed by atoms with Crippen LogP contribution in [-0.2, 0) is 0 Å². The van der Waals surface area contributed by atoms with Crippen LogP contribution in [0.25, 0.3) is 0 Å². The number of benzene rings is 2. The fraction of sp³-hybridized carbons (Fsp3) is 0.333. The molecule has 0 radical (unpaired) electrons. The summed E-state index contributed by atoms with van der Waals surface area (Å²) < 4.78 is 5.38. The molecule has 0 heterocycles. The summed E-state index contributed by atoms with van der Waals surface area (Å²) in [5.41, 5.74) is 1.72. The van der Waals surface area contributed by atoms with E-state index in [9.17, 15) is 9.59 Å². The van der Waals surface area contributed by atoms with Crippen molar-refractivity contribution in [3.63, 3.8) is 0 Å². The van der Waals surface area contributed by atoms with Crippen LogP contribution in [0.5, 0.6) is 5.75 Å². The third-order valence-electron chi connectivity index (χ3n) is 3.90. The fourth-order valence-corrected chi connectivity index (χ4v) is 2.48. The first kappa shape index (κ1) is 20.5. The van der Waals surface area contributed by atoms with E-state index in [1.54, 1.807) is 36.4 Å². The lowest BCUT2D eigenvalue weighted by Gasteiger charge is -2.10. The number of carbonyl (C=O) groups excluding carboxylic acids is 2. The van der Waals surface area contributed by atoms with Crippen molar-refractivity contribution in [2.75, 3.05) is 39.1 Å². The molecule has 144 valence electrons. The molecule has 2 N–H and O–H groups in total. The van der Waals surface area contributed by atoms with E-state index in [1.165, 1.54) is 0 Å². The third kappa shape index (κ3) is 6.75. The number of ether oxygens (including phenoxy) is 1. The van der Waals surface area contributed by atoms with Crippen molar-refractivity contribution in [1.82, 2.24) is 10.2 Å². The van der Waals surface area contributed by atoms with Crippen LogP contribution < -0.4 is 15.4 Å². The molecule has 0 aromatic heterocycles. The molecule has 0 aliphatic carbocycles. The van der Waals surface area contributed by atoms with Crippen molar-refractivity contribution in [3.05, 3.63) is 59.7 Å². The van der Waals surface area contributed by atoms with Gasteiger partial charge in [0.25, 0.3) is 11.8 Å². The van der Waals surface area contributed by atoms with Crippen molar-refractivity contribution in [3.8, 4) is 5.75 Å². The Morgan fingerprint density at radius 2 is 1.52 bits per heavy atom. The normalized spacial score (nSPS) is 10.5. The first-order chi connectivity index (χ1) is 13.0. The van der Waals surface area contributed by atoms with Crippen molar-refractivity contribution < 1.29 is 14.3 Å². The highest BCUT2D eigenvalue weighted by Gasteiger charge is 2.09. The summed E-state index contributed by atoms with van der Waals surface area (Å²) in [6.45, 7) is 4.06. The number of rotatable bonds is 9. The van der Waals surface area contributed by atoms with E-state index in [4.69, 9.17) is 4.74 Å². The molecule has 6 heteroatoms. The maximum atomic E-state index is 12.3. The van der Waals surface area contributed by atoms with Crippen LogP contribution in [0.15, 0.2) is 48.5 Å². The van der Waals surface area contributed by atoms with Crippen molar-refractivity contribution >= 4 is 17.5 Å². The Morgan fingerprint density at radius 1 is 0.926 bits per heavy atom. The predicted molar refractivity (Wildman–Crippen MR) is 108 cm³/mol. The van der Waals surface area contributed by atoms with E-state index in [0.29, 0.717) is 30.0 Å². The maximum absolute atomic E-state index is 12.3. The molecule has 2 aromatic rings. The van der Waals surface area contributed by atoms with Crippen molar-refractivity contribution in [1.29, 1.82) is 0 Å². The molecule has 6 nitrogen and oxygen atoms in total. The number of nitrogens with one attached hydrogen (secondary N) is 2. The number of amides is 2. The molecule has 2 aromatic carbocycles. The minimum absolute atomic E-state index is 0.132. The molecule has 0 aliphatic heterocycles. The summed E-state index contributed by atoms with van der Waals surface area (Å²) >= 11 is 0. The van der Waals surface area contributed by atoms with Gasteiger partial charge < -0.3 is 20.3 Å². The lowest BCUT2D eigenvalue weighted by Crippen LogP contribution is -2.27. The van der Waals surface area contributed by atoms with Gasteiger partial charge in [-0.1, -0.05) is 0 Å². The Labute approximate surface area is 160 Å². The number of anilines is 1. The van der Waals surface area contributed by atoms with Crippen LogP contribution in [0, 0.1) is 0 Å². The largest absolute Gasteiger partial charge is 0.494 e. The molecular formula is C21H27N3O3. The summed E-state index contributed by atoms with van der Waals surface area (Å²) in [5.74, 6) is 0.403. The summed E-state index contributed by atoms with van der Waals surface area (Å²) in [6, 6.07) is 13.8. The Hall–Kier alpha value is -2.86. The zero-order valence-electron chi connectivity index (χ0n) is 16.1. The van der Waals surface area contributed by atoms with Gasteiger partial charge in [0.2, 0.25) is 0 Å². The van der Waals surface area contributed by atoms with E-state index < -0.39 is 0 Å². The first-order valence-corrected chi connectivity index (χ1v) is 9.07. The highest BCUT2D eigenvalue weighted by Crippen LogP contribution is 2.16. The van der Waals surface area contributed by atoms with Crippen LogP contribution in [0.3, 0.4) is 0 Å². The van der Waals surface area contributed by atoms with Crippen LogP contribution in [0.4, 0.5) is 5.69 Å². The molecule has 2 amide bonds. The van der Waals surface area contributed by atoms with E-state index >= 15 is 0 Å². The highest BCUT2D eigenvalue weighted by molar-refractivity contribution is 6.05. The monoisotopic (exact) mass is 369 g/mol. The average Bonchev–Trinajstić information content (AvgIpc) is 2.67. The number of nitrogens with zero attached hydrogens (tertiary/aromatic N) is 1. The molecule has 0 saturated heterocycles. The van der Waals surface area contributed by atoms with Crippen LogP contribution in [-0.4, -0.2) is 50.5 Å². The zero-order chi connectivity index (χ0) is 19.6. The van der Waals surface area contributed by atoms with Gasteiger partial charge in [0, 0.05) is 23.4 Å². The Kier molecular flexibility index (Phi) is 7.82. The number of hydrogen-bond acceptors (Lipinski definition) is 4. The summed E-state index contributed by atoms with van der Waals surface area (Å²) in [7, 11) is 4.00. The maximum Gasteiger partial charge on any atom is 0.255 e. The van der Waals surface area contributed by atoms with Crippen LogP contribution in [0.1, 0.15) is 34.1 Å². The standard InChI is InChI=1S/C21H27N3O3/c1-4-27-19-12-10-18(11-13-19)23-21(26)17-8-6-16(7-9-17)20(25)22-14-5-15-24(2)3/h6-13H,4-5,14-15H2,1-3H3,(H,22,25)(H,23,26). The molecule has 0 bridgehead atoms. The number of hydrogen-bond donors (Lipinski definition) is 2. The van der Waals surface area contributed by atoms with Crippen molar-refractivity contribution in [2.24, 2.45) is 0 Å². The van der Waals surface area contributed by atoms with E-state index in [0.717, 1.165) is 18.7 Å². The lowest BCUT2D eigenvalue weighted by molar-refractivity contribution is 0.0950. The third-order valence-corrected chi connectivity index (χ3v) is 3.90. The second kappa shape index (κ2) is 10.3. The van der Waals surface area contributed by atoms with Gasteiger partial charge in [-0.05, 0) is 82.5 Å². The Bertz CT molecular complexity index is 740. The van der Waals surface area contributed by atoms with Gasteiger partial charge >= 0.3 is 0 Å². The SMILES string of the molecule is CCOc1ccc(NC(=O)c2ccc(C(=O)NCCCN(C)C)cc2)cc1. The van der Waals surface area contributed by atoms with Gasteiger partial charge in [-0.2, -0.15) is 0 Å². The predicted octanol–water partition coefficient (Wildman–Crippen LogP) is 3.02. The molecule has 0 saturated carbocycles. The number of carbonyl (C=O) groups is 2. The summed E-state index contributed by atoms with van der Waals surface area (Å²) in [4.78, 5) is 26.5. The first-order valence-electron chi connectivity index (χ1n) is 9.07. The van der Waals surface area contributed by atoms with Gasteiger partial charge in [-0.3, -0.25) is 9.59 Å². The van der Waals surface area contributed by atoms with E-state index in [-0.39, 0.29) is 11.8 Å². The van der Waals surface area contributed by atoms with Gasteiger partial charge in [-0.15, -0.1) is 0 Å². The van der Waals surface area contributed by atoms with Gasteiger partial charge in [0.15, 0.2) is 0 Å². The zero-order valence-corrected chi connectivity index (χ0v) is 16.1. The molecule has 0 aliphatic rings. The van der Waals surface area contributed by atoms with Gasteiger partial charge in [-0.25, -0.2) is 0 Å². The highest BCUT2D eigenvalue weighted by atomic mass is 16.5. The molecule has 0 spiro atoms. The summed E-state index contributed by atoms with van der Waals surface area (Å²) in [5, 5.41) is 5.71. The summed E-state index contributed by atoms with van der Waals surface area (Å²) in [6.07, 6.45) is 0.890. The second-order valence-corrected chi connectivity index (χ2v) is 6.40. The Balaban J connectivity index is 1.88. The van der Waals surface area contributed by atoms with Gasteiger partial charge in [0.1, 0.15) is 5.75 Å². The van der Waals surface area contributed by atoms with Crippen LogP contribution >= 0.6 is 0 Å². The molecule has 0 unspecified atom stereocenters. The minimum Gasteiger partial charge on any atom is -0.494 e. The van der Waals surface area contributed by atoms with Crippen LogP contribution in [0.2, 0.25) is 0 Å². The molecule has 0 atom stereocenters. The minimum atomic E-state index is -0.225. The topological polar surface area (TPSA) is 70.7 Å².